The minimum absolute atomic E-state index is 0.00400. The summed E-state index contributed by atoms with van der Waals surface area (Å²) in [6.45, 7) is -0.168. The van der Waals surface area contributed by atoms with Crippen molar-refractivity contribution >= 4 is 29.4 Å². The minimum atomic E-state index is -3.12. The minimum Gasteiger partial charge on any atom is -0.490 e. The van der Waals surface area contributed by atoms with E-state index in [0.29, 0.717) is 0 Å². The summed E-state index contributed by atoms with van der Waals surface area (Å²) in [6, 6.07) is 6.74. The SMILES string of the molecule is CCOc1cc([C@@H](CC(=O)O)N2C(=O)c3cccc(NC(C)=O)c3C2=O)ccc1OC(F)F. The molecule has 0 spiro atoms. The van der Waals surface area contributed by atoms with E-state index in [-0.39, 0.29) is 40.5 Å². The van der Waals surface area contributed by atoms with Gasteiger partial charge >= 0.3 is 12.6 Å². The number of hydrogen-bond acceptors (Lipinski definition) is 6. The third-order valence-electron chi connectivity index (χ3n) is 4.81. The van der Waals surface area contributed by atoms with E-state index in [2.05, 4.69) is 10.1 Å². The summed E-state index contributed by atoms with van der Waals surface area (Å²) < 4.78 is 35.2. The van der Waals surface area contributed by atoms with Gasteiger partial charge in [-0.3, -0.25) is 24.1 Å². The molecule has 33 heavy (non-hydrogen) atoms. The van der Waals surface area contributed by atoms with E-state index in [1.54, 1.807) is 6.92 Å². The van der Waals surface area contributed by atoms with Crippen LogP contribution < -0.4 is 14.8 Å². The number of halogens is 2. The summed E-state index contributed by atoms with van der Waals surface area (Å²) in [5.74, 6) is -3.68. The van der Waals surface area contributed by atoms with Gasteiger partial charge in [-0.2, -0.15) is 8.78 Å². The standard InChI is InChI=1S/C22H20F2N2O7/c1-3-32-17-9-12(7-8-16(17)33-22(23)24)15(10-18(28)29)26-20(30)13-5-4-6-14(25-11(2)27)19(13)21(26)31/h4-9,15,22H,3,10H2,1-2H3,(H,25,27)(H,28,29)/t15-/m1/s1. The zero-order valence-electron chi connectivity index (χ0n) is 17.6. The maximum Gasteiger partial charge on any atom is 0.387 e. The predicted molar refractivity (Wildman–Crippen MR) is 110 cm³/mol. The lowest BCUT2D eigenvalue weighted by molar-refractivity contribution is -0.138. The van der Waals surface area contributed by atoms with Gasteiger partial charge in [0, 0.05) is 6.92 Å². The molecule has 0 fully saturated rings. The Morgan fingerprint density at radius 2 is 1.85 bits per heavy atom. The lowest BCUT2D eigenvalue weighted by Gasteiger charge is -2.26. The number of amides is 3. The van der Waals surface area contributed by atoms with Gasteiger partial charge in [0.05, 0.1) is 35.9 Å². The quantitative estimate of drug-likeness (QED) is 0.547. The van der Waals surface area contributed by atoms with Crippen molar-refractivity contribution in [2.24, 2.45) is 0 Å². The van der Waals surface area contributed by atoms with Crippen LogP contribution in [0.4, 0.5) is 14.5 Å². The van der Waals surface area contributed by atoms with Crippen molar-refractivity contribution in [2.75, 3.05) is 11.9 Å². The highest BCUT2D eigenvalue weighted by Crippen LogP contribution is 2.39. The Balaban J connectivity index is 2.08. The number of nitrogens with one attached hydrogen (secondary N) is 1. The number of rotatable bonds is 9. The van der Waals surface area contributed by atoms with Crippen molar-refractivity contribution in [3.05, 3.63) is 53.1 Å². The predicted octanol–water partition coefficient (Wildman–Crippen LogP) is 3.46. The van der Waals surface area contributed by atoms with E-state index < -0.39 is 42.8 Å². The van der Waals surface area contributed by atoms with Crippen molar-refractivity contribution < 1.29 is 42.5 Å². The van der Waals surface area contributed by atoms with Gasteiger partial charge in [0.2, 0.25) is 5.91 Å². The summed E-state index contributed by atoms with van der Waals surface area (Å²) in [6.07, 6.45) is -0.651. The molecule has 0 bridgehead atoms. The number of carbonyl (C=O) groups is 4. The summed E-state index contributed by atoms with van der Waals surface area (Å²) >= 11 is 0. The molecule has 1 heterocycles. The molecule has 2 aromatic carbocycles. The van der Waals surface area contributed by atoms with Crippen molar-refractivity contribution in [1.29, 1.82) is 0 Å². The highest BCUT2D eigenvalue weighted by atomic mass is 19.3. The molecular formula is C22H20F2N2O7. The average Bonchev–Trinajstić information content (AvgIpc) is 2.98. The van der Waals surface area contributed by atoms with Gasteiger partial charge in [0.1, 0.15) is 0 Å². The van der Waals surface area contributed by atoms with E-state index in [1.807, 2.05) is 0 Å². The molecule has 0 unspecified atom stereocenters. The van der Waals surface area contributed by atoms with Crippen molar-refractivity contribution in [2.45, 2.75) is 32.9 Å². The number of carboxylic acid groups (broad SMARTS) is 1. The number of carbonyl (C=O) groups excluding carboxylic acids is 3. The number of nitrogens with zero attached hydrogens (tertiary/aromatic N) is 1. The zero-order valence-corrected chi connectivity index (χ0v) is 17.6. The first-order valence-corrected chi connectivity index (χ1v) is 9.85. The van der Waals surface area contributed by atoms with Crippen molar-refractivity contribution in [3.8, 4) is 11.5 Å². The van der Waals surface area contributed by atoms with Crippen molar-refractivity contribution in [3.63, 3.8) is 0 Å². The van der Waals surface area contributed by atoms with Crippen molar-refractivity contribution in [1.82, 2.24) is 4.90 Å². The first-order valence-electron chi connectivity index (χ1n) is 9.85. The number of anilines is 1. The number of alkyl halides is 2. The Kier molecular flexibility index (Phi) is 6.90. The third-order valence-corrected chi connectivity index (χ3v) is 4.81. The molecule has 0 saturated carbocycles. The summed E-state index contributed by atoms with van der Waals surface area (Å²) in [5, 5.41) is 11.9. The normalized spacial score (nSPS) is 13.7. The topological polar surface area (TPSA) is 122 Å². The second kappa shape index (κ2) is 9.63. The molecule has 174 valence electrons. The molecule has 11 heteroatoms. The Bertz CT molecular complexity index is 1120. The van der Waals surface area contributed by atoms with E-state index in [4.69, 9.17) is 4.74 Å². The first kappa shape index (κ1) is 23.6. The molecule has 9 nitrogen and oxygen atoms in total. The summed E-state index contributed by atoms with van der Waals surface area (Å²) in [4.78, 5) is 50.2. The third kappa shape index (κ3) is 4.92. The van der Waals surface area contributed by atoms with Crippen LogP contribution in [0.2, 0.25) is 0 Å². The number of ether oxygens (including phenoxy) is 2. The maximum atomic E-state index is 13.2. The van der Waals surface area contributed by atoms with E-state index in [1.165, 1.54) is 37.3 Å². The Labute approximate surface area is 186 Å². The lowest BCUT2D eigenvalue weighted by atomic mass is 10.0. The molecule has 0 aliphatic carbocycles. The van der Waals surface area contributed by atoms with Gasteiger partial charge < -0.3 is 19.9 Å². The van der Waals surface area contributed by atoms with Crippen LogP contribution in [0.25, 0.3) is 0 Å². The fourth-order valence-corrected chi connectivity index (χ4v) is 3.60. The van der Waals surface area contributed by atoms with Crippen LogP contribution in [-0.2, 0) is 9.59 Å². The molecule has 1 aliphatic rings. The largest absolute Gasteiger partial charge is 0.490 e. The highest BCUT2D eigenvalue weighted by molar-refractivity contribution is 6.24. The summed E-state index contributed by atoms with van der Waals surface area (Å²) in [5.41, 5.74) is 0.226. The zero-order chi connectivity index (χ0) is 24.3. The lowest BCUT2D eigenvalue weighted by Crippen LogP contribution is -2.35. The van der Waals surface area contributed by atoms with Crippen LogP contribution in [0, 0.1) is 0 Å². The van der Waals surface area contributed by atoms with Gasteiger partial charge in [-0.05, 0) is 36.8 Å². The molecular weight excluding hydrogens is 442 g/mol. The number of hydrogen-bond donors (Lipinski definition) is 2. The number of imide groups is 1. The highest BCUT2D eigenvalue weighted by Gasteiger charge is 2.43. The van der Waals surface area contributed by atoms with Crippen LogP contribution in [-0.4, -0.2) is 46.9 Å². The smallest absolute Gasteiger partial charge is 0.387 e. The number of fused-ring (bicyclic) bond motifs is 1. The van der Waals surface area contributed by atoms with Gasteiger partial charge in [-0.15, -0.1) is 0 Å². The van der Waals surface area contributed by atoms with Crippen LogP contribution in [0.1, 0.15) is 52.6 Å². The number of benzene rings is 2. The Morgan fingerprint density at radius 3 is 2.45 bits per heavy atom. The Hall–Kier alpha value is -4.02. The molecule has 1 aliphatic heterocycles. The van der Waals surface area contributed by atoms with Crippen LogP contribution >= 0.6 is 0 Å². The van der Waals surface area contributed by atoms with Crippen LogP contribution in [0.3, 0.4) is 0 Å². The molecule has 0 saturated heterocycles. The monoisotopic (exact) mass is 462 g/mol. The van der Waals surface area contributed by atoms with Crippen LogP contribution in [0.5, 0.6) is 11.5 Å². The first-order chi connectivity index (χ1) is 15.6. The van der Waals surface area contributed by atoms with E-state index in [0.717, 1.165) is 11.0 Å². The maximum absolute atomic E-state index is 13.2. The van der Waals surface area contributed by atoms with Gasteiger partial charge in [-0.1, -0.05) is 12.1 Å². The fraction of sp³-hybridized carbons (Fsp3) is 0.273. The Morgan fingerprint density at radius 1 is 1.12 bits per heavy atom. The second-order valence-corrected chi connectivity index (χ2v) is 7.02. The fourth-order valence-electron chi connectivity index (χ4n) is 3.60. The molecule has 3 rings (SSSR count). The van der Waals surface area contributed by atoms with Gasteiger partial charge in [0.15, 0.2) is 11.5 Å². The van der Waals surface area contributed by atoms with E-state index in [9.17, 15) is 33.1 Å². The molecule has 1 atom stereocenters. The molecule has 2 N–H and O–H groups in total. The molecule has 3 amide bonds. The molecule has 0 radical (unpaired) electrons. The van der Waals surface area contributed by atoms with Crippen LogP contribution in [0.15, 0.2) is 36.4 Å². The number of carboxylic acids is 1. The number of aliphatic carboxylic acids is 1. The van der Waals surface area contributed by atoms with Gasteiger partial charge in [-0.25, -0.2) is 0 Å². The second-order valence-electron chi connectivity index (χ2n) is 7.02. The molecule has 2 aromatic rings. The van der Waals surface area contributed by atoms with Gasteiger partial charge in [0.25, 0.3) is 11.8 Å². The van der Waals surface area contributed by atoms with E-state index >= 15 is 0 Å². The summed E-state index contributed by atoms with van der Waals surface area (Å²) in [7, 11) is 0. The average molecular weight is 462 g/mol. The molecule has 0 aromatic heterocycles.